The van der Waals surface area contributed by atoms with E-state index in [1.807, 2.05) is 0 Å². The van der Waals surface area contributed by atoms with Gasteiger partial charge >= 0.3 is 5.96 Å². The lowest BCUT2D eigenvalue weighted by molar-refractivity contribution is -0.460. The van der Waals surface area contributed by atoms with Gasteiger partial charge in [-0.25, -0.2) is 10.3 Å². The van der Waals surface area contributed by atoms with Gasteiger partial charge < -0.3 is 22.9 Å². The molecule has 9 heteroatoms. The molecule has 104 valence electrons. The third-order valence-corrected chi connectivity index (χ3v) is 1.85. The van der Waals surface area contributed by atoms with Gasteiger partial charge in [-0.1, -0.05) is 0 Å². The third-order valence-electron chi connectivity index (χ3n) is 1.85. The van der Waals surface area contributed by atoms with E-state index in [1.54, 1.807) is 0 Å². The second-order valence-electron chi connectivity index (χ2n) is 3.53. The smallest absolute Gasteiger partial charge is 0.348 e. The Morgan fingerprint density at radius 1 is 1.00 bits per heavy atom. The Labute approximate surface area is 107 Å². The summed E-state index contributed by atoms with van der Waals surface area (Å²) in [6, 6.07) is 0. The van der Waals surface area contributed by atoms with E-state index in [0.29, 0.717) is 32.1 Å². The SMILES string of the molecule is NCCCN=C(N)NC(N)=[NH+]CCCN=C(N)N. The molecule has 0 aromatic heterocycles. The maximum atomic E-state index is 5.64. The van der Waals surface area contributed by atoms with E-state index in [0.717, 1.165) is 12.8 Å². The van der Waals surface area contributed by atoms with Gasteiger partial charge in [0, 0.05) is 13.1 Å². The predicted octanol–water partition coefficient (Wildman–Crippen LogP) is -4.70. The second-order valence-corrected chi connectivity index (χ2v) is 3.53. The summed E-state index contributed by atoms with van der Waals surface area (Å²) in [5, 5.41) is 2.72. The van der Waals surface area contributed by atoms with Gasteiger partial charge in [-0.3, -0.25) is 15.7 Å². The van der Waals surface area contributed by atoms with E-state index in [1.165, 1.54) is 0 Å². The number of nitrogens with one attached hydrogen (secondary N) is 2. The van der Waals surface area contributed by atoms with Crippen molar-refractivity contribution in [2.24, 2.45) is 38.7 Å². The van der Waals surface area contributed by atoms with E-state index in [9.17, 15) is 0 Å². The van der Waals surface area contributed by atoms with Crippen LogP contribution in [0.15, 0.2) is 9.98 Å². The standard InChI is InChI=1S/C9H23N9/c10-3-1-4-16-8(13)18-9(14)17-6-2-5-15-7(11)12/h1-6,10H2,(H4,11,12,15)(H5,13,14,16,17,18)/p+1. The van der Waals surface area contributed by atoms with Crippen LogP contribution in [0.5, 0.6) is 0 Å². The van der Waals surface area contributed by atoms with Crippen LogP contribution in [0, 0.1) is 0 Å². The fourth-order valence-corrected chi connectivity index (χ4v) is 1.02. The van der Waals surface area contributed by atoms with E-state index in [-0.39, 0.29) is 11.9 Å². The molecule has 0 aliphatic carbocycles. The number of rotatable bonds is 7. The van der Waals surface area contributed by atoms with Crippen molar-refractivity contribution in [2.45, 2.75) is 12.8 Å². The van der Waals surface area contributed by atoms with Crippen LogP contribution >= 0.6 is 0 Å². The van der Waals surface area contributed by atoms with Gasteiger partial charge in [-0.15, -0.1) is 0 Å². The van der Waals surface area contributed by atoms with Crippen LogP contribution in [0.3, 0.4) is 0 Å². The van der Waals surface area contributed by atoms with Crippen molar-refractivity contribution in [2.75, 3.05) is 26.2 Å². The van der Waals surface area contributed by atoms with E-state index in [4.69, 9.17) is 28.7 Å². The highest BCUT2D eigenvalue weighted by Gasteiger charge is 2.00. The Balaban J connectivity index is 3.82. The maximum Gasteiger partial charge on any atom is 0.348 e. The quantitative estimate of drug-likeness (QED) is 0.137. The number of hydrogen-bond donors (Lipinski definition) is 7. The Morgan fingerprint density at radius 3 is 2.28 bits per heavy atom. The lowest BCUT2D eigenvalue weighted by Crippen LogP contribution is -2.79. The predicted molar refractivity (Wildman–Crippen MR) is 73.6 cm³/mol. The molecule has 0 fully saturated rings. The van der Waals surface area contributed by atoms with E-state index >= 15 is 0 Å². The average Bonchev–Trinajstić information content (AvgIpc) is 2.28. The van der Waals surface area contributed by atoms with Gasteiger partial charge in [0.25, 0.3) is 5.96 Å². The Morgan fingerprint density at radius 2 is 1.67 bits per heavy atom. The first-order valence-electron chi connectivity index (χ1n) is 5.75. The summed E-state index contributed by atoms with van der Waals surface area (Å²) in [6.07, 6.45) is 1.54. The molecule has 0 amide bonds. The topological polar surface area (TPSA) is 181 Å². The minimum Gasteiger partial charge on any atom is -0.370 e. The molecule has 18 heavy (non-hydrogen) atoms. The molecule has 0 spiro atoms. The van der Waals surface area contributed by atoms with Gasteiger partial charge in [0.05, 0.1) is 6.54 Å². The molecule has 0 radical (unpaired) electrons. The lowest BCUT2D eigenvalue weighted by Gasteiger charge is -1.99. The Bertz CT molecular complexity index is 303. The van der Waals surface area contributed by atoms with Crippen molar-refractivity contribution in [1.29, 1.82) is 0 Å². The van der Waals surface area contributed by atoms with Crippen LogP contribution < -0.4 is 39.0 Å². The van der Waals surface area contributed by atoms with Crippen molar-refractivity contribution < 1.29 is 4.99 Å². The van der Waals surface area contributed by atoms with Crippen molar-refractivity contribution in [3.8, 4) is 0 Å². The molecule has 0 aliphatic heterocycles. The van der Waals surface area contributed by atoms with Gasteiger partial charge in [-0.05, 0) is 19.4 Å². The van der Waals surface area contributed by atoms with Crippen molar-refractivity contribution in [3.63, 3.8) is 0 Å². The molecule has 0 aromatic carbocycles. The molecule has 0 rings (SSSR count). The zero-order valence-electron chi connectivity index (χ0n) is 10.5. The molecule has 9 nitrogen and oxygen atoms in total. The van der Waals surface area contributed by atoms with Crippen LogP contribution in [0.2, 0.25) is 0 Å². The third kappa shape index (κ3) is 10.5. The van der Waals surface area contributed by atoms with Crippen molar-refractivity contribution in [3.05, 3.63) is 0 Å². The first-order chi connectivity index (χ1) is 8.56. The van der Waals surface area contributed by atoms with Crippen molar-refractivity contribution >= 4 is 17.9 Å². The summed E-state index contributed by atoms with van der Waals surface area (Å²) < 4.78 is 0. The highest BCUT2D eigenvalue weighted by Crippen LogP contribution is 1.75. The number of hydrogen-bond acceptors (Lipinski definition) is 3. The van der Waals surface area contributed by atoms with Gasteiger partial charge in [-0.2, -0.15) is 0 Å². The number of nitrogens with two attached hydrogens (primary N) is 5. The summed E-state index contributed by atoms with van der Waals surface area (Å²) in [5.41, 5.74) is 26.9. The molecule has 0 saturated carbocycles. The monoisotopic (exact) mass is 258 g/mol. The minimum absolute atomic E-state index is 0.0846. The van der Waals surface area contributed by atoms with Crippen LogP contribution in [-0.4, -0.2) is 44.1 Å². The Hall–Kier alpha value is -2.03. The molecule has 12 N–H and O–H groups in total. The normalized spacial score (nSPS) is 12.3. The number of guanidine groups is 3. The highest BCUT2D eigenvalue weighted by atomic mass is 15.2. The summed E-state index contributed by atoms with van der Waals surface area (Å²) >= 11 is 0. The summed E-state index contributed by atoms with van der Waals surface area (Å²) in [4.78, 5) is 10.8. The minimum atomic E-state index is 0.0846. The van der Waals surface area contributed by atoms with Crippen LogP contribution in [0.25, 0.3) is 0 Å². The molecular formula is C9H24N9+. The first-order valence-corrected chi connectivity index (χ1v) is 5.75. The molecule has 0 unspecified atom stereocenters. The van der Waals surface area contributed by atoms with Crippen molar-refractivity contribution in [1.82, 2.24) is 5.32 Å². The summed E-state index contributed by atoms with van der Waals surface area (Å²) in [6.45, 7) is 2.33. The molecule has 0 saturated heterocycles. The number of aliphatic imine (C=N–C) groups is 2. The summed E-state index contributed by atoms with van der Waals surface area (Å²) in [7, 11) is 0. The largest absolute Gasteiger partial charge is 0.370 e. The molecule has 0 atom stereocenters. The van der Waals surface area contributed by atoms with Crippen LogP contribution in [-0.2, 0) is 0 Å². The summed E-state index contributed by atoms with van der Waals surface area (Å²) in [5.74, 6) is 0.688. The molecule has 0 aromatic rings. The van der Waals surface area contributed by atoms with Crippen LogP contribution in [0.1, 0.15) is 12.8 Å². The number of nitrogens with zero attached hydrogens (tertiary/aromatic N) is 2. The van der Waals surface area contributed by atoms with E-state index in [2.05, 4.69) is 20.3 Å². The average molecular weight is 258 g/mol. The second kappa shape index (κ2) is 10.1. The fourth-order valence-electron chi connectivity index (χ4n) is 1.02. The van der Waals surface area contributed by atoms with Crippen LogP contribution in [0.4, 0.5) is 0 Å². The maximum absolute atomic E-state index is 5.64. The zero-order chi connectivity index (χ0) is 13.8. The fraction of sp³-hybridized carbons (Fsp3) is 0.667. The van der Waals surface area contributed by atoms with E-state index < -0.39 is 0 Å². The zero-order valence-corrected chi connectivity index (χ0v) is 10.5. The molecule has 0 aliphatic rings. The lowest BCUT2D eigenvalue weighted by atomic mass is 10.4. The van der Waals surface area contributed by atoms with Gasteiger partial charge in [0.2, 0.25) is 0 Å². The molecular weight excluding hydrogens is 234 g/mol. The van der Waals surface area contributed by atoms with Gasteiger partial charge in [0.1, 0.15) is 0 Å². The molecule has 0 heterocycles. The molecule has 0 bridgehead atoms. The first kappa shape index (κ1) is 16.0. The highest BCUT2D eigenvalue weighted by molar-refractivity contribution is 5.94. The van der Waals surface area contributed by atoms with Gasteiger partial charge in [0.15, 0.2) is 5.96 Å². The Kier molecular flexibility index (Phi) is 9.00.